The van der Waals surface area contributed by atoms with Crippen LogP contribution in [0.3, 0.4) is 0 Å². The molecule has 178 valence electrons. The highest BCUT2D eigenvalue weighted by Crippen LogP contribution is 2.33. The topological polar surface area (TPSA) is 76.7 Å². The van der Waals surface area contributed by atoms with E-state index in [0.29, 0.717) is 11.1 Å². The predicted molar refractivity (Wildman–Crippen MR) is 126 cm³/mol. The lowest BCUT2D eigenvalue weighted by Crippen LogP contribution is -2.50. The molecule has 2 aliphatic rings. The Kier molecular flexibility index (Phi) is 6.53. The van der Waals surface area contributed by atoms with E-state index < -0.39 is 0 Å². The average Bonchev–Trinajstić information content (AvgIpc) is 2.77. The Balaban J connectivity index is 1.61. The van der Waals surface area contributed by atoms with Crippen molar-refractivity contribution in [1.82, 2.24) is 10.6 Å². The van der Waals surface area contributed by atoms with Gasteiger partial charge in [-0.2, -0.15) is 0 Å². The summed E-state index contributed by atoms with van der Waals surface area (Å²) < 4.78 is 11.6. The Labute approximate surface area is 192 Å². The lowest BCUT2D eigenvalue weighted by atomic mass is 9.96. The third-order valence-corrected chi connectivity index (χ3v) is 6.55. The summed E-state index contributed by atoms with van der Waals surface area (Å²) in [6, 6.07) is 6.57. The van der Waals surface area contributed by atoms with Gasteiger partial charge in [-0.05, 0) is 92.5 Å². The molecule has 0 spiro atoms. The third-order valence-electron chi connectivity index (χ3n) is 6.55. The van der Waals surface area contributed by atoms with E-state index in [1.165, 1.54) is 0 Å². The molecular weight excluding hydrogens is 404 g/mol. The van der Waals surface area contributed by atoms with Gasteiger partial charge < -0.3 is 20.1 Å². The van der Waals surface area contributed by atoms with Gasteiger partial charge in [0.1, 0.15) is 12.2 Å². The van der Waals surface area contributed by atoms with Crippen LogP contribution in [0, 0.1) is 0 Å². The smallest absolute Gasteiger partial charge is 0.338 e. The van der Waals surface area contributed by atoms with E-state index in [-0.39, 0.29) is 46.3 Å². The first-order chi connectivity index (χ1) is 14.6. The summed E-state index contributed by atoms with van der Waals surface area (Å²) in [5, 5.41) is 7.16. The maximum Gasteiger partial charge on any atom is 0.338 e. The zero-order chi connectivity index (χ0) is 23.9. The normalized spacial score (nSPS) is 27.9. The van der Waals surface area contributed by atoms with Crippen LogP contribution >= 0.6 is 0 Å². The molecule has 0 amide bonds. The van der Waals surface area contributed by atoms with Gasteiger partial charge in [-0.25, -0.2) is 9.59 Å². The Morgan fingerprint density at radius 1 is 0.750 bits per heavy atom. The fourth-order valence-electron chi connectivity index (χ4n) is 5.39. The van der Waals surface area contributed by atoms with Crippen LogP contribution in [0.2, 0.25) is 0 Å². The largest absolute Gasteiger partial charge is 0.459 e. The van der Waals surface area contributed by atoms with Gasteiger partial charge in [0.25, 0.3) is 0 Å². The van der Waals surface area contributed by atoms with E-state index in [2.05, 4.69) is 52.2 Å². The predicted octanol–water partition coefficient (Wildman–Crippen LogP) is 4.62. The molecule has 3 rings (SSSR count). The SMILES string of the molecule is CC1(C)CCC(OC(=O)c2ccc(C(=O)OC3CC(C)(C)NC3(C)C)cc2)CC(C)(C)N1. The number of carbonyl (C=O) groups excluding carboxylic acids is 2. The van der Waals surface area contributed by atoms with E-state index in [4.69, 9.17) is 9.47 Å². The van der Waals surface area contributed by atoms with Crippen molar-refractivity contribution in [3.05, 3.63) is 35.4 Å². The van der Waals surface area contributed by atoms with Crippen LogP contribution in [0.15, 0.2) is 24.3 Å². The first kappa shape index (κ1) is 24.7. The van der Waals surface area contributed by atoms with Crippen LogP contribution in [0.1, 0.15) is 102 Å². The highest BCUT2D eigenvalue weighted by atomic mass is 16.5. The summed E-state index contributed by atoms with van der Waals surface area (Å²) in [6.07, 6.45) is 2.90. The maximum atomic E-state index is 12.7. The van der Waals surface area contributed by atoms with Crippen LogP contribution in [0.5, 0.6) is 0 Å². The number of benzene rings is 1. The van der Waals surface area contributed by atoms with Crippen LogP contribution in [-0.2, 0) is 9.47 Å². The fourth-order valence-corrected chi connectivity index (χ4v) is 5.39. The van der Waals surface area contributed by atoms with Crippen molar-refractivity contribution in [2.75, 3.05) is 0 Å². The summed E-state index contributed by atoms with van der Waals surface area (Å²) in [7, 11) is 0. The highest BCUT2D eigenvalue weighted by Gasteiger charge is 2.46. The molecule has 32 heavy (non-hydrogen) atoms. The lowest BCUT2D eigenvalue weighted by molar-refractivity contribution is 0.0169. The molecule has 0 bridgehead atoms. The van der Waals surface area contributed by atoms with Gasteiger partial charge in [-0.3, -0.25) is 0 Å². The molecule has 0 radical (unpaired) electrons. The molecule has 2 heterocycles. The van der Waals surface area contributed by atoms with Crippen LogP contribution < -0.4 is 10.6 Å². The van der Waals surface area contributed by atoms with Crippen molar-refractivity contribution in [2.45, 2.75) is 115 Å². The second kappa shape index (κ2) is 8.45. The lowest BCUT2D eigenvalue weighted by Gasteiger charge is -2.34. The van der Waals surface area contributed by atoms with E-state index in [1.54, 1.807) is 24.3 Å². The molecule has 0 saturated carbocycles. The van der Waals surface area contributed by atoms with Gasteiger partial charge in [0.15, 0.2) is 0 Å². The maximum absolute atomic E-state index is 12.7. The van der Waals surface area contributed by atoms with Gasteiger partial charge >= 0.3 is 11.9 Å². The summed E-state index contributed by atoms with van der Waals surface area (Å²) in [5.74, 6) is -0.727. The molecular formula is C26H40N2O4. The summed E-state index contributed by atoms with van der Waals surface area (Å²) in [5.41, 5.74) is 0.392. The van der Waals surface area contributed by atoms with E-state index in [1.807, 2.05) is 13.8 Å². The monoisotopic (exact) mass is 444 g/mol. The van der Waals surface area contributed by atoms with Crippen molar-refractivity contribution in [3.63, 3.8) is 0 Å². The molecule has 0 aromatic heterocycles. The number of esters is 2. The zero-order valence-electron chi connectivity index (χ0n) is 20.9. The molecule has 6 nitrogen and oxygen atoms in total. The number of carbonyl (C=O) groups is 2. The van der Waals surface area contributed by atoms with Crippen molar-refractivity contribution >= 4 is 11.9 Å². The Morgan fingerprint density at radius 3 is 1.75 bits per heavy atom. The molecule has 2 atom stereocenters. The highest BCUT2D eigenvalue weighted by molar-refractivity contribution is 5.93. The van der Waals surface area contributed by atoms with E-state index >= 15 is 0 Å². The molecule has 0 aliphatic carbocycles. The van der Waals surface area contributed by atoms with Crippen LogP contribution in [-0.4, -0.2) is 46.3 Å². The second-order valence-electron chi connectivity index (χ2n) is 12.1. The molecule has 2 N–H and O–H groups in total. The summed E-state index contributed by atoms with van der Waals surface area (Å²) in [4.78, 5) is 25.4. The Bertz CT molecular complexity index is 855. The first-order valence-electron chi connectivity index (χ1n) is 11.7. The van der Waals surface area contributed by atoms with Crippen molar-refractivity contribution < 1.29 is 19.1 Å². The first-order valence-corrected chi connectivity index (χ1v) is 11.7. The summed E-state index contributed by atoms with van der Waals surface area (Å²) >= 11 is 0. The molecule has 2 fully saturated rings. The Morgan fingerprint density at radius 2 is 1.25 bits per heavy atom. The molecule has 1 aromatic rings. The molecule has 1 aromatic carbocycles. The average molecular weight is 445 g/mol. The van der Waals surface area contributed by atoms with Crippen molar-refractivity contribution in [2.24, 2.45) is 0 Å². The number of nitrogens with one attached hydrogen (secondary N) is 2. The van der Waals surface area contributed by atoms with E-state index in [9.17, 15) is 9.59 Å². The van der Waals surface area contributed by atoms with Gasteiger partial charge in [-0.15, -0.1) is 0 Å². The molecule has 2 aliphatic heterocycles. The van der Waals surface area contributed by atoms with Gasteiger partial charge in [0.05, 0.1) is 16.7 Å². The molecule has 2 unspecified atom stereocenters. The quantitative estimate of drug-likeness (QED) is 0.660. The summed E-state index contributed by atoms with van der Waals surface area (Å²) in [6.45, 7) is 17.0. The van der Waals surface area contributed by atoms with Gasteiger partial charge in [0, 0.05) is 29.5 Å². The Hall–Kier alpha value is -1.92. The van der Waals surface area contributed by atoms with Gasteiger partial charge in [-0.1, -0.05) is 0 Å². The van der Waals surface area contributed by atoms with Crippen LogP contribution in [0.25, 0.3) is 0 Å². The van der Waals surface area contributed by atoms with Crippen molar-refractivity contribution in [3.8, 4) is 0 Å². The minimum atomic E-state index is -0.374. The number of rotatable bonds is 4. The molecule has 2 saturated heterocycles. The second-order valence-corrected chi connectivity index (χ2v) is 12.1. The number of ether oxygens (including phenoxy) is 2. The zero-order valence-corrected chi connectivity index (χ0v) is 20.9. The van der Waals surface area contributed by atoms with Crippen LogP contribution in [0.4, 0.5) is 0 Å². The standard InChI is InChI=1S/C26H40N2O4/c1-23(2)14-13-19(15-24(3,4)27-23)31-21(29)17-9-11-18(12-10-17)22(30)32-20-16-25(5,6)28-26(20,7)8/h9-12,19-20,27-28H,13-16H2,1-8H3. The number of hydrogen-bond donors (Lipinski definition) is 2. The third kappa shape index (κ3) is 6.10. The minimum Gasteiger partial charge on any atom is -0.459 e. The van der Waals surface area contributed by atoms with Gasteiger partial charge in [0.2, 0.25) is 0 Å². The minimum absolute atomic E-state index is 0.00524. The van der Waals surface area contributed by atoms with Crippen molar-refractivity contribution in [1.29, 1.82) is 0 Å². The van der Waals surface area contributed by atoms with E-state index in [0.717, 1.165) is 25.7 Å². The molecule has 6 heteroatoms. The number of hydrogen-bond acceptors (Lipinski definition) is 6. The fraction of sp³-hybridized carbons (Fsp3) is 0.692.